The average Bonchev–Trinajstić information content (AvgIpc) is 2.89. The third kappa shape index (κ3) is 1.54. The number of aromatic nitrogens is 3. The lowest BCUT2D eigenvalue weighted by molar-refractivity contribution is 0.555. The zero-order valence-corrected chi connectivity index (χ0v) is 9.80. The van der Waals surface area contributed by atoms with Crippen molar-refractivity contribution in [3.63, 3.8) is 0 Å². The summed E-state index contributed by atoms with van der Waals surface area (Å²) in [6.07, 6.45) is 1.72. The Balaban J connectivity index is 2.21. The quantitative estimate of drug-likeness (QED) is 0.703. The van der Waals surface area contributed by atoms with Crippen LogP contribution in [0.4, 0.5) is 0 Å². The van der Waals surface area contributed by atoms with Gasteiger partial charge in [0.1, 0.15) is 0 Å². The second-order valence-electron chi connectivity index (χ2n) is 4.08. The number of fused-ring (bicyclic) bond motifs is 1. The highest BCUT2D eigenvalue weighted by Crippen LogP contribution is 2.24. The zero-order chi connectivity index (χ0) is 12.7. The van der Waals surface area contributed by atoms with Crippen LogP contribution in [0.15, 0.2) is 33.7 Å². The first-order chi connectivity index (χ1) is 8.69. The summed E-state index contributed by atoms with van der Waals surface area (Å²) in [4.78, 5) is 18.0. The fraction of sp³-hybridized carbons (Fsp3) is 0.167. The molecule has 3 N–H and O–H groups in total. The second kappa shape index (κ2) is 3.85. The van der Waals surface area contributed by atoms with Crippen LogP contribution >= 0.6 is 0 Å². The first-order valence-electron chi connectivity index (χ1n) is 5.52. The lowest BCUT2D eigenvalue weighted by atomic mass is 10.1. The molecule has 92 valence electrons. The predicted molar refractivity (Wildman–Crippen MR) is 66.9 cm³/mol. The molecular weight excluding hydrogens is 232 g/mol. The number of oxazole rings is 1. The molecule has 6 nitrogen and oxygen atoms in total. The molecule has 0 atom stereocenters. The highest BCUT2D eigenvalue weighted by atomic mass is 16.4. The molecule has 0 saturated carbocycles. The number of rotatable bonds is 2. The van der Waals surface area contributed by atoms with E-state index < -0.39 is 5.76 Å². The summed E-state index contributed by atoms with van der Waals surface area (Å²) in [6.45, 7) is 0.404. The van der Waals surface area contributed by atoms with Crippen molar-refractivity contribution >= 4 is 11.1 Å². The van der Waals surface area contributed by atoms with Gasteiger partial charge < -0.3 is 14.7 Å². The Morgan fingerprint density at radius 2 is 2.33 bits per heavy atom. The van der Waals surface area contributed by atoms with Crippen molar-refractivity contribution in [2.24, 2.45) is 12.8 Å². The maximum absolute atomic E-state index is 11.1. The summed E-state index contributed by atoms with van der Waals surface area (Å²) in [5, 5.41) is 0. The van der Waals surface area contributed by atoms with E-state index in [4.69, 9.17) is 10.2 Å². The van der Waals surface area contributed by atoms with Crippen LogP contribution in [-0.2, 0) is 13.6 Å². The van der Waals surface area contributed by atoms with Crippen molar-refractivity contribution in [3.8, 4) is 11.3 Å². The number of nitrogens with zero attached hydrogens (tertiary/aromatic N) is 2. The molecule has 0 amide bonds. The van der Waals surface area contributed by atoms with Crippen molar-refractivity contribution in [2.75, 3.05) is 0 Å². The number of aryl methyl sites for hydroxylation is 1. The third-order valence-corrected chi connectivity index (χ3v) is 2.95. The van der Waals surface area contributed by atoms with E-state index in [1.165, 1.54) is 0 Å². The van der Waals surface area contributed by atoms with Crippen LogP contribution in [0.2, 0.25) is 0 Å². The molecular formula is C12H12N4O2. The van der Waals surface area contributed by atoms with E-state index in [0.29, 0.717) is 17.6 Å². The molecule has 0 aliphatic carbocycles. The molecule has 0 saturated heterocycles. The summed E-state index contributed by atoms with van der Waals surface area (Å²) in [5.41, 5.74) is 9.53. The lowest BCUT2D eigenvalue weighted by Gasteiger charge is -2.02. The molecule has 0 bridgehead atoms. The molecule has 2 heterocycles. The van der Waals surface area contributed by atoms with E-state index in [2.05, 4.69) is 9.97 Å². The van der Waals surface area contributed by atoms with E-state index in [9.17, 15) is 4.79 Å². The van der Waals surface area contributed by atoms with E-state index in [0.717, 1.165) is 17.0 Å². The standard InChI is InChI=1S/C12H12N4O2/c1-16-6-14-11(9(16)5-13)7-2-3-8-10(4-7)18-12(17)15-8/h2-4,6H,5,13H2,1H3,(H,15,17). The van der Waals surface area contributed by atoms with Gasteiger partial charge in [0.05, 0.1) is 23.2 Å². The van der Waals surface area contributed by atoms with E-state index in [1.807, 2.05) is 17.7 Å². The molecule has 0 radical (unpaired) electrons. The van der Waals surface area contributed by atoms with Crippen LogP contribution in [-0.4, -0.2) is 14.5 Å². The second-order valence-corrected chi connectivity index (χ2v) is 4.08. The van der Waals surface area contributed by atoms with Crippen molar-refractivity contribution in [3.05, 3.63) is 40.8 Å². The zero-order valence-electron chi connectivity index (χ0n) is 9.80. The van der Waals surface area contributed by atoms with Gasteiger partial charge in [0.25, 0.3) is 0 Å². The number of hydrogen-bond donors (Lipinski definition) is 2. The number of benzene rings is 1. The normalized spacial score (nSPS) is 11.2. The highest BCUT2D eigenvalue weighted by molar-refractivity contribution is 5.79. The van der Waals surface area contributed by atoms with Gasteiger partial charge in [-0.1, -0.05) is 6.07 Å². The smallest absolute Gasteiger partial charge is 0.408 e. The summed E-state index contributed by atoms with van der Waals surface area (Å²) in [6, 6.07) is 5.47. The minimum atomic E-state index is -0.456. The Labute approximate surface area is 102 Å². The Morgan fingerprint density at radius 1 is 1.50 bits per heavy atom. The fourth-order valence-electron chi connectivity index (χ4n) is 2.03. The van der Waals surface area contributed by atoms with Gasteiger partial charge in [-0.15, -0.1) is 0 Å². The van der Waals surface area contributed by atoms with Gasteiger partial charge in [-0.25, -0.2) is 9.78 Å². The van der Waals surface area contributed by atoms with E-state index in [-0.39, 0.29) is 0 Å². The molecule has 2 aromatic heterocycles. The van der Waals surface area contributed by atoms with Gasteiger partial charge in [0.15, 0.2) is 5.58 Å². The number of aromatic amines is 1. The first-order valence-corrected chi connectivity index (χ1v) is 5.52. The Hall–Kier alpha value is -2.34. The van der Waals surface area contributed by atoms with Gasteiger partial charge >= 0.3 is 5.76 Å². The maximum atomic E-state index is 11.1. The Kier molecular flexibility index (Phi) is 2.31. The number of nitrogens with one attached hydrogen (secondary N) is 1. The molecule has 1 aromatic carbocycles. The van der Waals surface area contributed by atoms with Crippen molar-refractivity contribution in [1.82, 2.24) is 14.5 Å². The predicted octanol–water partition coefficient (Wildman–Crippen LogP) is 0.980. The van der Waals surface area contributed by atoms with Crippen LogP contribution in [0, 0.1) is 0 Å². The number of H-pyrrole nitrogens is 1. The number of nitrogens with two attached hydrogens (primary N) is 1. The molecule has 18 heavy (non-hydrogen) atoms. The SMILES string of the molecule is Cn1cnc(-c2ccc3[nH]c(=O)oc3c2)c1CN. The Morgan fingerprint density at radius 3 is 3.11 bits per heavy atom. The number of imidazole rings is 1. The van der Waals surface area contributed by atoms with Crippen molar-refractivity contribution in [2.45, 2.75) is 6.54 Å². The van der Waals surface area contributed by atoms with Gasteiger partial charge in [-0.3, -0.25) is 4.98 Å². The van der Waals surface area contributed by atoms with Gasteiger partial charge in [-0.05, 0) is 12.1 Å². The van der Waals surface area contributed by atoms with Crippen LogP contribution in [0.1, 0.15) is 5.69 Å². The molecule has 0 unspecified atom stereocenters. The molecule has 3 rings (SSSR count). The van der Waals surface area contributed by atoms with Gasteiger partial charge in [0.2, 0.25) is 0 Å². The molecule has 0 spiro atoms. The molecule has 3 aromatic rings. The highest BCUT2D eigenvalue weighted by Gasteiger charge is 2.11. The van der Waals surface area contributed by atoms with Crippen molar-refractivity contribution < 1.29 is 4.42 Å². The monoisotopic (exact) mass is 244 g/mol. The molecule has 0 aliphatic rings. The molecule has 0 aliphatic heterocycles. The number of hydrogen-bond acceptors (Lipinski definition) is 4. The Bertz CT molecular complexity index is 766. The van der Waals surface area contributed by atoms with Crippen LogP contribution in [0.5, 0.6) is 0 Å². The topological polar surface area (TPSA) is 89.8 Å². The van der Waals surface area contributed by atoms with Crippen LogP contribution < -0.4 is 11.5 Å². The summed E-state index contributed by atoms with van der Waals surface area (Å²) >= 11 is 0. The lowest BCUT2D eigenvalue weighted by Crippen LogP contribution is -2.04. The van der Waals surface area contributed by atoms with Crippen molar-refractivity contribution in [1.29, 1.82) is 0 Å². The molecule has 0 fully saturated rings. The fourth-order valence-corrected chi connectivity index (χ4v) is 2.03. The van der Waals surface area contributed by atoms with Crippen LogP contribution in [0.3, 0.4) is 0 Å². The van der Waals surface area contributed by atoms with Gasteiger partial charge in [0, 0.05) is 19.2 Å². The summed E-state index contributed by atoms with van der Waals surface area (Å²) < 4.78 is 6.92. The van der Waals surface area contributed by atoms with Gasteiger partial charge in [-0.2, -0.15) is 0 Å². The van der Waals surface area contributed by atoms with E-state index >= 15 is 0 Å². The summed E-state index contributed by atoms with van der Waals surface area (Å²) in [5.74, 6) is -0.456. The molecule has 6 heteroatoms. The maximum Gasteiger partial charge on any atom is 0.417 e. The third-order valence-electron chi connectivity index (χ3n) is 2.95. The first kappa shape index (κ1) is 10.8. The average molecular weight is 244 g/mol. The van der Waals surface area contributed by atoms with Crippen LogP contribution in [0.25, 0.3) is 22.4 Å². The minimum absolute atomic E-state index is 0.404. The van der Waals surface area contributed by atoms with E-state index in [1.54, 1.807) is 18.5 Å². The minimum Gasteiger partial charge on any atom is -0.408 e. The largest absolute Gasteiger partial charge is 0.417 e. The summed E-state index contributed by atoms with van der Waals surface area (Å²) in [7, 11) is 1.90.